The lowest BCUT2D eigenvalue weighted by Crippen LogP contribution is -1.97. The van der Waals surface area contributed by atoms with Crippen LogP contribution < -0.4 is 0 Å². The summed E-state index contributed by atoms with van der Waals surface area (Å²) >= 11 is 5.26. The number of ether oxygens (including phenoxy) is 1. The standard InChI is InChI=1S/C6H5ClO2/c1-3-4-5(7)6(8)9-2/h1H2,2H3. The van der Waals surface area contributed by atoms with Gasteiger partial charge in [-0.05, 0) is 12.3 Å². The van der Waals surface area contributed by atoms with Crippen molar-refractivity contribution in [1.29, 1.82) is 0 Å². The van der Waals surface area contributed by atoms with Crippen LogP contribution in [0.1, 0.15) is 0 Å². The summed E-state index contributed by atoms with van der Waals surface area (Å²) < 4.78 is 4.23. The van der Waals surface area contributed by atoms with Crippen molar-refractivity contribution in [2.45, 2.75) is 0 Å². The third kappa shape index (κ3) is 2.78. The molecule has 0 aliphatic heterocycles. The molecule has 48 valence electrons. The van der Waals surface area contributed by atoms with Crippen molar-refractivity contribution < 1.29 is 9.53 Å². The zero-order valence-electron chi connectivity index (χ0n) is 4.90. The average Bonchev–Trinajstić information content (AvgIpc) is 1.87. The summed E-state index contributed by atoms with van der Waals surface area (Å²) in [6.07, 6.45) is 0. The van der Waals surface area contributed by atoms with E-state index in [-0.39, 0.29) is 5.03 Å². The third-order valence-corrected chi connectivity index (χ3v) is 0.812. The van der Waals surface area contributed by atoms with Gasteiger partial charge in [-0.25, -0.2) is 4.79 Å². The molecule has 0 aliphatic rings. The Labute approximate surface area is 58.1 Å². The van der Waals surface area contributed by atoms with Crippen molar-refractivity contribution in [1.82, 2.24) is 0 Å². The van der Waals surface area contributed by atoms with Crippen LogP contribution in [0.15, 0.2) is 23.1 Å². The molecule has 0 amide bonds. The first-order valence-electron chi connectivity index (χ1n) is 2.11. The second-order valence-electron chi connectivity index (χ2n) is 1.11. The molecule has 0 fully saturated rings. The number of carbonyl (C=O) groups excluding carboxylic acids is 1. The van der Waals surface area contributed by atoms with E-state index in [0.717, 1.165) is 0 Å². The SMILES string of the molecule is C=C=C=C(Cl)C(=O)OC. The molecule has 0 rings (SSSR count). The Morgan fingerprint density at radius 3 is 2.67 bits per heavy atom. The third-order valence-electron chi connectivity index (χ3n) is 0.563. The van der Waals surface area contributed by atoms with Gasteiger partial charge in [0.2, 0.25) is 0 Å². The number of hydrogen-bond acceptors (Lipinski definition) is 2. The Kier molecular flexibility index (Phi) is 3.57. The van der Waals surface area contributed by atoms with Crippen LogP contribution in [0.25, 0.3) is 0 Å². The van der Waals surface area contributed by atoms with Gasteiger partial charge in [0.25, 0.3) is 0 Å². The van der Waals surface area contributed by atoms with Gasteiger partial charge in [-0.2, -0.15) is 0 Å². The van der Waals surface area contributed by atoms with Crippen molar-refractivity contribution in [2.24, 2.45) is 0 Å². The second-order valence-corrected chi connectivity index (χ2v) is 1.49. The zero-order chi connectivity index (χ0) is 7.28. The van der Waals surface area contributed by atoms with Crippen molar-refractivity contribution >= 4 is 17.6 Å². The van der Waals surface area contributed by atoms with Crippen molar-refractivity contribution in [3.63, 3.8) is 0 Å². The maximum atomic E-state index is 10.4. The van der Waals surface area contributed by atoms with Crippen LogP contribution in [0.2, 0.25) is 0 Å². The van der Waals surface area contributed by atoms with E-state index in [1.807, 2.05) is 0 Å². The molecule has 0 atom stereocenters. The molecule has 3 heteroatoms. The van der Waals surface area contributed by atoms with Gasteiger partial charge in [0.05, 0.1) is 7.11 Å². The fourth-order valence-electron chi connectivity index (χ4n) is 0.218. The fraction of sp³-hybridized carbons (Fsp3) is 0.167. The normalized spacial score (nSPS) is 6.89. The number of rotatable bonds is 1. The lowest BCUT2D eigenvalue weighted by molar-refractivity contribution is -0.135. The molecule has 0 radical (unpaired) electrons. The highest BCUT2D eigenvalue weighted by Gasteiger charge is 2.02. The molecule has 0 bridgehead atoms. The summed E-state index contributed by atoms with van der Waals surface area (Å²) in [6.45, 7) is 3.17. The number of carbonyl (C=O) groups is 1. The largest absolute Gasteiger partial charge is 0.464 e. The van der Waals surface area contributed by atoms with Crippen LogP contribution in [-0.4, -0.2) is 13.1 Å². The minimum absolute atomic E-state index is 0.146. The first-order valence-corrected chi connectivity index (χ1v) is 2.49. The zero-order valence-corrected chi connectivity index (χ0v) is 5.66. The Morgan fingerprint density at radius 1 is 1.78 bits per heavy atom. The molecule has 0 unspecified atom stereocenters. The van der Waals surface area contributed by atoms with Crippen LogP contribution in [0.4, 0.5) is 0 Å². The average molecular weight is 145 g/mol. The van der Waals surface area contributed by atoms with Gasteiger partial charge < -0.3 is 4.74 Å². The maximum absolute atomic E-state index is 10.4. The summed E-state index contributed by atoms with van der Waals surface area (Å²) in [4.78, 5) is 10.4. The number of hydrogen-bond donors (Lipinski definition) is 0. The van der Waals surface area contributed by atoms with Gasteiger partial charge in [0.1, 0.15) is 0 Å². The Hall–Kier alpha value is -0.940. The summed E-state index contributed by atoms with van der Waals surface area (Å²) in [5.74, 6) is -0.632. The van der Waals surface area contributed by atoms with Gasteiger partial charge in [-0.3, -0.25) is 0 Å². The van der Waals surface area contributed by atoms with Crippen molar-refractivity contribution in [2.75, 3.05) is 7.11 Å². The molecule has 2 nitrogen and oxygen atoms in total. The highest BCUT2D eigenvalue weighted by Crippen LogP contribution is 1.98. The molecular formula is C6H5ClO2. The second kappa shape index (κ2) is 3.99. The Bertz CT molecular complexity index is 195. The smallest absolute Gasteiger partial charge is 0.358 e. The van der Waals surface area contributed by atoms with Crippen LogP contribution >= 0.6 is 11.6 Å². The summed E-state index contributed by atoms with van der Waals surface area (Å²) in [6, 6.07) is 0. The predicted octanol–water partition coefficient (Wildman–Crippen LogP) is 1.22. The molecule has 0 saturated carbocycles. The number of esters is 1. The topological polar surface area (TPSA) is 26.3 Å². The van der Waals surface area contributed by atoms with Crippen LogP contribution in [0.3, 0.4) is 0 Å². The molecule has 0 aromatic heterocycles. The fourth-order valence-corrected chi connectivity index (χ4v) is 0.362. The van der Waals surface area contributed by atoms with E-state index in [1.54, 1.807) is 0 Å². The quantitative estimate of drug-likeness (QED) is 0.314. The van der Waals surface area contributed by atoms with Gasteiger partial charge in [0, 0.05) is 0 Å². The summed E-state index contributed by atoms with van der Waals surface area (Å²) in [5, 5.41) is -0.146. The van der Waals surface area contributed by atoms with Crippen LogP contribution in [0, 0.1) is 0 Å². The van der Waals surface area contributed by atoms with Gasteiger partial charge in [-0.15, -0.1) is 0 Å². The summed E-state index contributed by atoms with van der Waals surface area (Å²) in [5.41, 5.74) is 4.46. The monoisotopic (exact) mass is 144 g/mol. The highest BCUT2D eigenvalue weighted by molar-refractivity contribution is 6.41. The van der Waals surface area contributed by atoms with E-state index >= 15 is 0 Å². The minimum atomic E-state index is -0.632. The first-order chi connectivity index (χ1) is 4.22. The molecule has 0 heterocycles. The molecule has 0 saturated heterocycles. The maximum Gasteiger partial charge on any atom is 0.358 e. The molecule has 0 aliphatic carbocycles. The van der Waals surface area contributed by atoms with Crippen LogP contribution in [-0.2, 0) is 9.53 Å². The number of methoxy groups -OCH3 is 1. The number of halogens is 1. The molecule has 0 aromatic carbocycles. The molecular weight excluding hydrogens is 140 g/mol. The minimum Gasteiger partial charge on any atom is -0.464 e. The van der Waals surface area contributed by atoms with Gasteiger partial charge in [-0.1, -0.05) is 17.3 Å². The van der Waals surface area contributed by atoms with Crippen molar-refractivity contribution in [3.05, 3.63) is 23.1 Å². The Balaban J connectivity index is 4.39. The molecule has 0 N–H and O–H groups in total. The van der Waals surface area contributed by atoms with E-state index < -0.39 is 5.97 Å². The first kappa shape index (κ1) is 8.06. The lowest BCUT2D eigenvalue weighted by Gasteiger charge is -1.89. The van der Waals surface area contributed by atoms with E-state index in [9.17, 15) is 4.79 Å². The molecule has 0 aromatic rings. The highest BCUT2D eigenvalue weighted by atomic mass is 35.5. The predicted molar refractivity (Wildman–Crippen MR) is 34.0 cm³/mol. The molecule has 0 spiro atoms. The van der Waals surface area contributed by atoms with E-state index in [2.05, 4.69) is 22.8 Å². The van der Waals surface area contributed by atoms with Gasteiger partial charge >= 0.3 is 5.97 Å². The Morgan fingerprint density at radius 2 is 2.33 bits per heavy atom. The molecule has 9 heavy (non-hydrogen) atoms. The lowest BCUT2D eigenvalue weighted by atomic mass is 10.6. The van der Waals surface area contributed by atoms with E-state index in [0.29, 0.717) is 0 Å². The van der Waals surface area contributed by atoms with Crippen molar-refractivity contribution in [3.8, 4) is 0 Å². The van der Waals surface area contributed by atoms with Gasteiger partial charge in [0.15, 0.2) is 5.03 Å². The summed E-state index contributed by atoms with van der Waals surface area (Å²) in [7, 11) is 1.23. The van der Waals surface area contributed by atoms with E-state index in [4.69, 9.17) is 11.6 Å². The van der Waals surface area contributed by atoms with E-state index in [1.165, 1.54) is 7.11 Å². The van der Waals surface area contributed by atoms with Crippen LogP contribution in [0.5, 0.6) is 0 Å².